The topological polar surface area (TPSA) is 60.2 Å². The van der Waals surface area contributed by atoms with E-state index in [-0.39, 0.29) is 18.1 Å². The van der Waals surface area contributed by atoms with Crippen LogP contribution in [0.15, 0.2) is 23.3 Å². The summed E-state index contributed by atoms with van der Waals surface area (Å²) in [5, 5.41) is 5.99. The molecule has 0 radical (unpaired) electrons. The predicted molar refractivity (Wildman–Crippen MR) is 79.3 cm³/mol. The fraction of sp³-hybridized carbons (Fsp3) is 0.500. The van der Waals surface area contributed by atoms with Crippen LogP contribution in [0.25, 0.3) is 0 Å². The molecule has 0 bridgehead atoms. The van der Waals surface area contributed by atoms with E-state index >= 15 is 0 Å². The first-order chi connectivity index (χ1) is 10.2. The van der Waals surface area contributed by atoms with Crippen molar-refractivity contribution in [2.75, 3.05) is 13.7 Å². The van der Waals surface area contributed by atoms with Crippen molar-refractivity contribution in [1.82, 2.24) is 19.7 Å². The van der Waals surface area contributed by atoms with Gasteiger partial charge in [-0.25, -0.2) is 4.98 Å². The van der Waals surface area contributed by atoms with Crippen LogP contribution in [0.5, 0.6) is 0 Å². The molecule has 7 heteroatoms. The number of hydrogen-bond donors (Lipinski definition) is 0. The molecule has 0 saturated carbocycles. The van der Waals surface area contributed by atoms with Crippen molar-refractivity contribution in [3.8, 4) is 0 Å². The third-order valence-corrected chi connectivity index (χ3v) is 4.49. The molecule has 1 fully saturated rings. The van der Waals surface area contributed by atoms with Crippen LogP contribution in [0.4, 0.5) is 0 Å². The van der Waals surface area contributed by atoms with Crippen LogP contribution in [-0.2, 0) is 18.2 Å². The maximum Gasteiger partial charge on any atom is 0.273 e. The lowest BCUT2D eigenvalue weighted by molar-refractivity contribution is 0.0505. The Morgan fingerprint density at radius 2 is 2.43 bits per heavy atom. The van der Waals surface area contributed by atoms with E-state index in [0.717, 1.165) is 18.4 Å². The lowest BCUT2D eigenvalue weighted by Gasteiger charge is -2.26. The molecule has 0 aliphatic carbocycles. The Kier molecular flexibility index (Phi) is 4.03. The van der Waals surface area contributed by atoms with Crippen LogP contribution in [0.1, 0.15) is 22.5 Å². The third kappa shape index (κ3) is 2.84. The summed E-state index contributed by atoms with van der Waals surface area (Å²) in [6, 6.07) is 0.0356. The number of methoxy groups -OCH3 is 1. The first-order valence-corrected chi connectivity index (χ1v) is 7.83. The van der Waals surface area contributed by atoms with Gasteiger partial charge in [-0.15, -0.1) is 11.3 Å². The van der Waals surface area contributed by atoms with Gasteiger partial charge < -0.3 is 9.64 Å². The highest BCUT2D eigenvalue weighted by Crippen LogP contribution is 2.25. The minimum absolute atomic E-state index is 0.00955. The van der Waals surface area contributed by atoms with E-state index in [0.29, 0.717) is 12.2 Å². The average molecular weight is 306 g/mol. The molecule has 1 aliphatic rings. The molecule has 1 amide bonds. The summed E-state index contributed by atoms with van der Waals surface area (Å²) >= 11 is 1.44. The average Bonchev–Trinajstić information content (AvgIpc) is 3.19. The molecule has 1 aliphatic heterocycles. The zero-order chi connectivity index (χ0) is 14.8. The Bertz CT molecular complexity index is 610. The van der Waals surface area contributed by atoms with Crippen molar-refractivity contribution in [3.05, 3.63) is 34.5 Å². The van der Waals surface area contributed by atoms with E-state index in [1.165, 1.54) is 11.3 Å². The van der Waals surface area contributed by atoms with Gasteiger partial charge in [0.25, 0.3) is 5.91 Å². The molecule has 0 unspecified atom stereocenters. The summed E-state index contributed by atoms with van der Waals surface area (Å²) in [5.74, 6) is -0.00955. The highest BCUT2D eigenvalue weighted by Gasteiger charge is 2.38. The molecule has 0 aromatic carbocycles. The van der Waals surface area contributed by atoms with Gasteiger partial charge in [0.15, 0.2) is 0 Å². The lowest BCUT2D eigenvalue weighted by atomic mass is 10.0. The first-order valence-electron chi connectivity index (χ1n) is 6.88. The summed E-state index contributed by atoms with van der Waals surface area (Å²) in [5.41, 5.74) is 3.32. The molecule has 2 aromatic heterocycles. The van der Waals surface area contributed by atoms with E-state index in [1.807, 2.05) is 24.3 Å². The van der Waals surface area contributed by atoms with Crippen molar-refractivity contribution in [2.45, 2.75) is 25.0 Å². The molecule has 0 spiro atoms. The lowest BCUT2D eigenvalue weighted by Crippen LogP contribution is -2.41. The fourth-order valence-electron chi connectivity index (χ4n) is 2.88. The number of ether oxygens (including phenoxy) is 1. The third-order valence-electron chi connectivity index (χ3n) is 3.90. The molecule has 2 atom stereocenters. The first kappa shape index (κ1) is 14.2. The number of nitrogens with zero attached hydrogens (tertiary/aromatic N) is 4. The molecule has 1 saturated heterocycles. The van der Waals surface area contributed by atoms with E-state index in [4.69, 9.17) is 4.74 Å². The van der Waals surface area contributed by atoms with Gasteiger partial charge in [0.1, 0.15) is 5.69 Å². The number of aromatic nitrogens is 3. The minimum Gasteiger partial charge on any atom is -0.379 e. The van der Waals surface area contributed by atoms with E-state index in [9.17, 15) is 4.79 Å². The summed E-state index contributed by atoms with van der Waals surface area (Å²) in [6.45, 7) is 0.708. The second kappa shape index (κ2) is 5.95. The molecular formula is C14H18N4O2S. The maximum atomic E-state index is 12.6. The zero-order valence-corrected chi connectivity index (χ0v) is 12.9. The summed E-state index contributed by atoms with van der Waals surface area (Å²) in [4.78, 5) is 18.6. The molecule has 112 valence electrons. The second-order valence-electron chi connectivity index (χ2n) is 5.23. The smallest absolute Gasteiger partial charge is 0.273 e. The Morgan fingerprint density at radius 3 is 3.05 bits per heavy atom. The highest BCUT2D eigenvalue weighted by molar-refractivity contribution is 7.07. The number of rotatable bonds is 4. The Hall–Kier alpha value is -1.73. The number of thiazole rings is 1. The van der Waals surface area contributed by atoms with Crippen molar-refractivity contribution >= 4 is 17.2 Å². The number of likely N-dealkylation sites (tertiary alicyclic amines) is 1. The standard InChI is InChI=1S/C14H18N4O2S/c1-17-7-10(6-16-17)5-12-13(20-2)3-4-18(12)14(19)11-8-21-9-15-11/h6-9,12-13H,3-5H2,1-2H3/t12-,13-/m1/s1. The van der Waals surface area contributed by atoms with E-state index in [2.05, 4.69) is 10.1 Å². The zero-order valence-electron chi connectivity index (χ0n) is 12.1. The van der Waals surface area contributed by atoms with Gasteiger partial charge in [0.05, 0.1) is 23.9 Å². The highest BCUT2D eigenvalue weighted by atomic mass is 32.1. The van der Waals surface area contributed by atoms with Crippen LogP contribution in [0.2, 0.25) is 0 Å². The van der Waals surface area contributed by atoms with Crippen molar-refractivity contribution in [1.29, 1.82) is 0 Å². The van der Waals surface area contributed by atoms with Crippen molar-refractivity contribution in [3.63, 3.8) is 0 Å². The van der Waals surface area contributed by atoms with Gasteiger partial charge in [-0.2, -0.15) is 5.10 Å². The summed E-state index contributed by atoms with van der Waals surface area (Å²) < 4.78 is 7.34. The van der Waals surface area contributed by atoms with Gasteiger partial charge in [0, 0.05) is 32.3 Å². The van der Waals surface area contributed by atoms with Gasteiger partial charge in [-0.3, -0.25) is 9.48 Å². The van der Waals surface area contributed by atoms with Crippen LogP contribution < -0.4 is 0 Å². The van der Waals surface area contributed by atoms with Gasteiger partial charge in [-0.1, -0.05) is 0 Å². The minimum atomic E-state index is -0.00955. The molecule has 0 N–H and O–H groups in total. The maximum absolute atomic E-state index is 12.6. The van der Waals surface area contributed by atoms with Crippen LogP contribution >= 0.6 is 11.3 Å². The summed E-state index contributed by atoms with van der Waals surface area (Å²) in [6.07, 6.45) is 5.50. The van der Waals surface area contributed by atoms with Crippen LogP contribution in [0.3, 0.4) is 0 Å². The molecule has 3 heterocycles. The number of aryl methyl sites for hydroxylation is 1. The van der Waals surface area contributed by atoms with Gasteiger partial charge in [0.2, 0.25) is 0 Å². The molecule has 3 rings (SSSR count). The van der Waals surface area contributed by atoms with Gasteiger partial charge >= 0.3 is 0 Å². The van der Waals surface area contributed by atoms with E-state index < -0.39 is 0 Å². The normalized spacial score (nSPS) is 21.9. The molecule has 6 nitrogen and oxygen atoms in total. The summed E-state index contributed by atoms with van der Waals surface area (Å²) in [7, 11) is 3.60. The van der Waals surface area contributed by atoms with Crippen molar-refractivity contribution < 1.29 is 9.53 Å². The van der Waals surface area contributed by atoms with Crippen molar-refractivity contribution in [2.24, 2.45) is 7.05 Å². The molecule has 21 heavy (non-hydrogen) atoms. The molecule has 2 aromatic rings. The number of carbonyl (C=O) groups excluding carboxylic acids is 1. The monoisotopic (exact) mass is 306 g/mol. The quantitative estimate of drug-likeness (QED) is 0.855. The Balaban J connectivity index is 1.80. The Labute approximate surface area is 127 Å². The SMILES string of the molecule is CO[C@@H]1CCN(C(=O)c2cscn2)[C@@H]1Cc1cnn(C)c1. The number of amides is 1. The number of carbonyl (C=O) groups is 1. The van der Waals surface area contributed by atoms with E-state index in [1.54, 1.807) is 22.7 Å². The van der Waals surface area contributed by atoms with Crippen LogP contribution in [0, 0.1) is 0 Å². The van der Waals surface area contributed by atoms with Gasteiger partial charge in [-0.05, 0) is 18.4 Å². The largest absolute Gasteiger partial charge is 0.379 e. The molecular weight excluding hydrogens is 288 g/mol. The number of hydrogen-bond acceptors (Lipinski definition) is 5. The van der Waals surface area contributed by atoms with Crippen LogP contribution in [-0.4, -0.2) is 51.4 Å². The fourth-order valence-corrected chi connectivity index (χ4v) is 3.40. The Morgan fingerprint density at radius 1 is 1.57 bits per heavy atom. The second-order valence-corrected chi connectivity index (χ2v) is 5.95. The predicted octanol–water partition coefficient (Wildman–Crippen LogP) is 1.35.